The second-order valence-electron chi connectivity index (χ2n) is 9.79. The van der Waals surface area contributed by atoms with E-state index in [2.05, 4.69) is 84.9 Å². The number of rotatable bonds is 0. The number of ether oxygens (including phenoxy) is 1. The minimum absolute atomic E-state index is 0.499. The van der Waals surface area contributed by atoms with E-state index in [1.807, 2.05) is 24.3 Å². The highest BCUT2D eigenvalue weighted by atomic mass is 16.5. The summed E-state index contributed by atoms with van der Waals surface area (Å²) in [5.74, 6) is 1.77. The van der Waals surface area contributed by atoms with Crippen LogP contribution in [-0.2, 0) is 5.41 Å². The lowest BCUT2D eigenvalue weighted by molar-refractivity contribution is 0.447. The predicted molar refractivity (Wildman–Crippen MR) is 148 cm³/mol. The molecule has 6 aromatic carbocycles. The van der Waals surface area contributed by atoms with Crippen molar-refractivity contribution in [2.75, 3.05) is 11.5 Å². The molecule has 0 aromatic heterocycles. The fraction of sp³-hybridized carbons (Fsp3) is 0.0303. The lowest BCUT2D eigenvalue weighted by Gasteiger charge is -2.40. The third-order valence-corrected chi connectivity index (χ3v) is 7.95. The van der Waals surface area contributed by atoms with Crippen molar-refractivity contribution in [3.8, 4) is 22.6 Å². The highest BCUT2D eigenvalue weighted by Crippen LogP contribution is 2.63. The molecule has 0 radical (unpaired) electrons. The highest BCUT2D eigenvalue weighted by molar-refractivity contribution is 6.00. The Morgan fingerprint density at radius 1 is 0.472 bits per heavy atom. The molecule has 170 valence electrons. The number of nitrogen functional groups attached to an aromatic ring is 2. The van der Waals surface area contributed by atoms with Crippen LogP contribution in [0.3, 0.4) is 0 Å². The van der Waals surface area contributed by atoms with E-state index in [4.69, 9.17) is 16.2 Å². The van der Waals surface area contributed by atoms with Crippen LogP contribution in [0.15, 0.2) is 109 Å². The molecule has 3 heteroatoms. The van der Waals surface area contributed by atoms with Crippen LogP contribution in [0.1, 0.15) is 22.3 Å². The summed E-state index contributed by atoms with van der Waals surface area (Å²) in [4.78, 5) is 0. The van der Waals surface area contributed by atoms with Crippen molar-refractivity contribution >= 4 is 32.9 Å². The summed E-state index contributed by atoms with van der Waals surface area (Å²) >= 11 is 0. The minimum Gasteiger partial charge on any atom is -0.455 e. The van der Waals surface area contributed by atoms with Gasteiger partial charge in [0.15, 0.2) is 0 Å². The van der Waals surface area contributed by atoms with Crippen molar-refractivity contribution in [2.45, 2.75) is 5.41 Å². The van der Waals surface area contributed by atoms with E-state index in [1.165, 1.54) is 22.3 Å². The van der Waals surface area contributed by atoms with Crippen molar-refractivity contribution in [1.82, 2.24) is 0 Å². The molecule has 0 unspecified atom stereocenters. The first-order chi connectivity index (χ1) is 17.7. The van der Waals surface area contributed by atoms with Crippen LogP contribution in [0.4, 0.5) is 11.4 Å². The normalized spacial score (nSPS) is 14.2. The Labute approximate surface area is 208 Å². The van der Waals surface area contributed by atoms with E-state index in [-0.39, 0.29) is 0 Å². The molecule has 2 aliphatic rings. The lowest BCUT2D eigenvalue weighted by atomic mass is 9.65. The zero-order chi connectivity index (χ0) is 24.0. The zero-order valence-electron chi connectivity index (χ0n) is 19.5. The molecule has 6 aromatic rings. The van der Waals surface area contributed by atoms with Gasteiger partial charge in [0, 0.05) is 33.3 Å². The average molecular weight is 463 g/mol. The Hall–Kier alpha value is -4.76. The fourth-order valence-corrected chi connectivity index (χ4v) is 6.51. The molecule has 0 bridgehead atoms. The topological polar surface area (TPSA) is 61.3 Å². The third kappa shape index (κ3) is 2.28. The van der Waals surface area contributed by atoms with Crippen LogP contribution in [0, 0.1) is 0 Å². The molecule has 0 fully saturated rings. The monoisotopic (exact) mass is 462 g/mol. The molecule has 36 heavy (non-hydrogen) atoms. The maximum atomic E-state index is 6.92. The molecule has 0 saturated carbocycles. The molecule has 1 heterocycles. The molecule has 0 amide bonds. The Kier molecular flexibility index (Phi) is 3.62. The van der Waals surface area contributed by atoms with E-state index in [1.54, 1.807) is 0 Å². The number of nitrogens with two attached hydrogens (primary N) is 2. The van der Waals surface area contributed by atoms with Gasteiger partial charge in [0.2, 0.25) is 0 Å². The number of anilines is 2. The van der Waals surface area contributed by atoms with Gasteiger partial charge in [-0.25, -0.2) is 0 Å². The van der Waals surface area contributed by atoms with Gasteiger partial charge >= 0.3 is 0 Å². The van der Waals surface area contributed by atoms with E-state index in [0.29, 0.717) is 0 Å². The van der Waals surface area contributed by atoms with E-state index >= 15 is 0 Å². The second kappa shape index (κ2) is 6.67. The van der Waals surface area contributed by atoms with Gasteiger partial charge in [-0.3, -0.25) is 0 Å². The summed E-state index contributed by atoms with van der Waals surface area (Å²) < 4.78 is 6.92. The van der Waals surface area contributed by atoms with Gasteiger partial charge in [-0.1, -0.05) is 72.8 Å². The zero-order valence-corrected chi connectivity index (χ0v) is 19.5. The molecule has 1 spiro atoms. The summed E-state index contributed by atoms with van der Waals surface area (Å²) in [6.45, 7) is 0. The standard InChI is InChI=1S/C33H22N2O/c34-21-11-13-23-19(17-21)9-15-29-31(23)36-32-24-14-12-22(35)18-20(24)10-16-30(32)33(29)27-7-3-1-5-25(27)26-6-2-4-8-28(26)33/h1-18H,34-35H2. The van der Waals surface area contributed by atoms with E-state index in [0.717, 1.165) is 55.5 Å². The van der Waals surface area contributed by atoms with Gasteiger partial charge < -0.3 is 16.2 Å². The smallest absolute Gasteiger partial charge is 0.140 e. The van der Waals surface area contributed by atoms with Crippen molar-refractivity contribution in [1.29, 1.82) is 0 Å². The highest BCUT2D eigenvalue weighted by Gasteiger charge is 2.51. The van der Waals surface area contributed by atoms with Crippen LogP contribution in [0.25, 0.3) is 32.7 Å². The Morgan fingerprint density at radius 2 is 0.944 bits per heavy atom. The van der Waals surface area contributed by atoms with Crippen molar-refractivity contribution in [3.05, 3.63) is 131 Å². The molecule has 1 aliphatic carbocycles. The van der Waals surface area contributed by atoms with Gasteiger partial charge in [0.1, 0.15) is 11.5 Å². The molecule has 1 aliphatic heterocycles. The first-order valence-electron chi connectivity index (χ1n) is 12.2. The molecule has 0 atom stereocenters. The van der Waals surface area contributed by atoms with Gasteiger partial charge in [0.25, 0.3) is 0 Å². The Bertz CT molecular complexity index is 1760. The summed E-state index contributed by atoms with van der Waals surface area (Å²) in [5.41, 5.74) is 20.7. The van der Waals surface area contributed by atoms with Crippen LogP contribution in [0.5, 0.6) is 11.5 Å². The van der Waals surface area contributed by atoms with Crippen LogP contribution >= 0.6 is 0 Å². The summed E-state index contributed by atoms with van der Waals surface area (Å²) in [7, 11) is 0. The lowest BCUT2D eigenvalue weighted by Crippen LogP contribution is -2.32. The van der Waals surface area contributed by atoms with Gasteiger partial charge in [-0.15, -0.1) is 0 Å². The summed E-state index contributed by atoms with van der Waals surface area (Å²) in [6.07, 6.45) is 0. The SMILES string of the molecule is Nc1ccc2c3c(ccc2c1)C1(c2ccccc2-c2ccccc21)c1ccc2cc(N)ccc2c1O3. The Morgan fingerprint density at radius 3 is 1.44 bits per heavy atom. The molecule has 4 N–H and O–H groups in total. The van der Waals surface area contributed by atoms with E-state index in [9.17, 15) is 0 Å². The maximum absolute atomic E-state index is 6.92. The minimum atomic E-state index is -0.499. The van der Waals surface area contributed by atoms with Crippen LogP contribution < -0.4 is 16.2 Å². The predicted octanol–water partition coefficient (Wildman–Crippen LogP) is 7.63. The van der Waals surface area contributed by atoms with Crippen molar-refractivity contribution in [2.24, 2.45) is 0 Å². The largest absolute Gasteiger partial charge is 0.455 e. The molecular formula is C33H22N2O. The van der Waals surface area contributed by atoms with Gasteiger partial charge in [-0.2, -0.15) is 0 Å². The van der Waals surface area contributed by atoms with Gasteiger partial charge in [0.05, 0.1) is 5.41 Å². The Balaban J connectivity index is 1.61. The number of fused-ring (bicyclic) bond motifs is 13. The number of hydrogen-bond acceptors (Lipinski definition) is 3. The van der Waals surface area contributed by atoms with Crippen LogP contribution in [0.2, 0.25) is 0 Å². The quantitative estimate of drug-likeness (QED) is 0.228. The van der Waals surface area contributed by atoms with Crippen LogP contribution in [-0.4, -0.2) is 0 Å². The first kappa shape index (κ1) is 19.5. The second-order valence-corrected chi connectivity index (χ2v) is 9.79. The molecule has 8 rings (SSSR count). The van der Waals surface area contributed by atoms with Crippen molar-refractivity contribution in [3.63, 3.8) is 0 Å². The number of benzene rings is 6. The third-order valence-electron chi connectivity index (χ3n) is 7.95. The van der Waals surface area contributed by atoms with Crippen molar-refractivity contribution < 1.29 is 4.74 Å². The summed E-state index contributed by atoms with van der Waals surface area (Å²) in [6, 6.07) is 38.5. The van der Waals surface area contributed by atoms with E-state index < -0.39 is 5.41 Å². The maximum Gasteiger partial charge on any atom is 0.140 e. The van der Waals surface area contributed by atoms with Gasteiger partial charge in [-0.05, 0) is 69.4 Å². The molecule has 3 nitrogen and oxygen atoms in total. The summed E-state index contributed by atoms with van der Waals surface area (Å²) in [5, 5.41) is 4.25. The molecule has 0 saturated heterocycles. The molecular weight excluding hydrogens is 440 g/mol. The first-order valence-corrected chi connectivity index (χ1v) is 12.2. The number of hydrogen-bond donors (Lipinski definition) is 2. The fourth-order valence-electron chi connectivity index (χ4n) is 6.51. The average Bonchev–Trinajstić information content (AvgIpc) is 3.19.